The maximum absolute atomic E-state index is 12.3. The first-order valence-electron chi connectivity index (χ1n) is 8.71. The van der Waals surface area contributed by atoms with E-state index in [1.807, 2.05) is 6.08 Å². The molecule has 0 spiro atoms. The smallest absolute Gasteiger partial charge is 0.188 e. The van der Waals surface area contributed by atoms with Crippen molar-refractivity contribution in [1.29, 1.82) is 0 Å². The summed E-state index contributed by atoms with van der Waals surface area (Å²) in [6.07, 6.45) is 8.14. The molecule has 3 aliphatic carbocycles. The Kier molecular flexibility index (Phi) is 4.50. The average Bonchev–Trinajstić information content (AvgIpc) is 2.84. The number of ether oxygens (including phenoxy) is 2. The molecule has 0 amide bonds. The average molecular weight is 316 g/mol. The summed E-state index contributed by atoms with van der Waals surface area (Å²) in [4.78, 5) is 12.3. The predicted octanol–water partition coefficient (Wildman–Crippen LogP) is 4.41. The molecule has 0 aromatic heterocycles. The number of ketones is 1. The second kappa shape index (κ2) is 6.27. The van der Waals surface area contributed by atoms with Gasteiger partial charge in [-0.2, -0.15) is 0 Å². The van der Waals surface area contributed by atoms with Crippen molar-refractivity contribution in [3.63, 3.8) is 0 Å². The van der Waals surface area contributed by atoms with E-state index in [4.69, 9.17) is 9.47 Å². The van der Waals surface area contributed by atoms with Gasteiger partial charge in [0.25, 0.3) is 0 Å². The summed E-state index contributed by atoms with van der Waals surface area (Å²) in [7, 11) is 1.60. The van der Waals surface area contributed by atoms with Crippen LogP contribution in [0.15, 0.2) is 36.1 Å². The SMILES string of the molecule is C=C(/C=C1/CCC2C(CC[C@]3(C)C(=O)CCC23)C1=C)OCOC. The molecule has 0 aromatic rings. The minimum absolute atomic E-state index is 0.0617. The van der Waals surface area contributed by atoms with Crippen LogP contribution < -0.4 is 0 Å². The normalized spacial score (nSPS) is 38.3. The van der Waals surface area contributed by atoms with Gasteiger partial charge in [-0.05, 0) is 67.1 Å². The Hall–Kier alpha value is -1.35. The number of hydrogen-bond donors (Lipinski definition) is 0. The Morgan fingerprint density at radius 3 is 2.87 bits per heavy atom. The molecule has 3 heteroatoms. The number of Topliss-reactive ketones (excluding diaryl/α,β-unsaturated/α-hetero) is 1. The molecule has 3 nitrogen and oxygen atoms in total. The van der Waals surface area contributed by atoms with E-state index in [2.05, 4.69) is 20.1 Å². The number of hydrogen-bond acceptors (Lipinski definition) is 3. The maximum atomic E-state index is 12.3. The zero-order chi connectivity index (χ0) is 16.6. The van der Waals surface area contributed by atoms with Crippen LogP contribution in [0.4, 0.5) is 0 Å². The van der Waals surface area contributed by atoms with Crippen LogP contribution in [0.5, 0.6) is 0 Å². The Morgan fingerprint density at radius 2 is 2.13 bits per heavy atom. The number of carbonyl (C=O) groups is 1. The molecule has 126 valence electrons. The van der Waals surface area contributed by atoms with Gasteiger partial charge in [0.2, 0.25) is 0 Å². The van der Waals surface area contributed by atoms with Crippen LogP contribution in [0.1, 0.15) is 45.4 Å². The van der Waals surface area contributed by atoms with Gasteiger partial charge in [-0.25, -0.2) is 0 Å². The Labute approximate surface area is 139 Å². The fraction of sp³-hybridized carbons (Fsp3) is 0.650. The lowest BCUT2D eigenvalue weighted by Crippen LogP contribution is -2.43. The summed E-state index contributed by atoms with van der Waals surface area (Å²) in [6, 6.07) is 0. The van der Waals surface area contributed by atoms with Crippen LogP contribution in [0, 0.1) is 23.2 Å². The standard InChI is InChI=1S/C20H28O3/c1-13(23-12-22-4)11-15-5-6-17-16(14(15)2)9-10-20(3)18(17)7-8-19(20)21/h11,16-18H,1-2,5-10,12H2,3-4H3/b15-11-/t16?,17?,18?,20-/m0/s1. The van der Waals surface area contributed by atoms with Crippen LogP contribution in [0.25, 0.3) is 0 Å². The first-order valence-corrected chi connectivity index (χ1v) is 8.71. The molecule has 3 rings (SSSR count). The van der Waals surface area contributed by atoms with Gasteiger partial charge in [0.15, 0.2) is 6.79 Å². The summed E-state index contributed by atoms with van der Waals surface area (Å²) in [5, 5.41) is 0. The van der Waals surface area contributed by atoms with E-state index in [1.165, 1.54) is 11.1 Å². The Morgan fingerprint density at radius 1 is 1.35 bits per heavy atom. The van der Waals surface area contributed by atoms with E-state index in [-0.39, 0.29) is 12.2 Å². The van der Waals surface area contributed by atoms with Gasteiger partial charge >= 0.3 is 0 Å². The summed E-state index contributed by atoms with van der Waals surface area (Å²) >= 11 is 0. The van der Waals surface area contributed by atoms with Gasteiger partial charge in [0.05, 0.1) is 0 Å². The summed E-state index contributed by atoms with van der Waals surface area (Å²) in [6.45, 7) is 10.8. The van der Waals surface area contributed by atoms with Crippen molar-refractivity contribution in [2.24, 2.45) is 23.2 Å². The fourth-order valence-corrected chi connectivity index (χ4v) is 5.15. The highest BCUT2D eigenvalue weighted by Gasteiger charge is 2.54. The molecule has 4 atom stereocenters. The number of allylic oxidation sites excluding steroid dienone is 3. The van der Waals surface area contributed by atoms with E-state index in [0.717, 1.165) is 38.5 Å². The molecule has 0 heterocycles. The second-order valence-corrected chi connectivity index (χ2v) is 7.55. The van der Waals surface area contributed by atoms with Crippen LogP contribution in [0.3, 0.4) is 0 Å². The summed E-state index contributed by atoms with van der Waals surface area (Å²) < 4.78 is 10.3. The first-order chi connectivity index (χ1) is 11.0. The largest absolute Gasteiger partial charge is 0.468 e. The lowest BCUT2D eigenvalue weighted by molar-refractivity contribution is -0.129. The van der Waals surface area contributed by atoms with Gasteiger partial charge in [0, 0.05) is 18.9 Å². The number of methoxy groups -OCH3 is 1. The molecule has 0 saturated heterocycles. The topological polar surface area (TPSA) is 35.5 Å². The van der Waals surface area contributed by atoms with Crippen molar-refractivity contribution < 1.29 is 14.3 Å². The minimum atomic E-state index is -0.0617. The third kappa shape index (κ3) is 2.80. The quantitative estimate of drug-likeness (QED) is 0.569. The van der Waals surface area contributed by atoms with Gasteiger partial charge in [-0.3, -0.25) is 4.79 Å². The van der Waals surface area contributed by atoms with Crippen molar-refractivity contribution in [2.45, 2.75) is 45.4 Å². The van der Waals surface area contributed by atoms with E-state index in [1.54, 1.807) is 7.11 Å². The highest BCUT2D eigenvalue weighted by Crippen LogP contribution is 2.59. The highest BCUT2D eigenvalue weighted by molar-refractivity contribution is 5.87. The van der Waals surface area contributed by atoms with Crippen LogP contribution in [-0.2, 0) is 14.3 Å². The molecule has 3 saturated carbocycles. The number of carbonyl (C=O) groups excluding carboxylic acids is 1. The number of rotatable bonds is 4. The lowest BCUT2D eigenvalue weighted by Gasteiger charge is -2.49. The second-order valence-electron chi connectivity index (χ2n) is 7.55. The number of fused-ring (bicyclic) bond motifs is 3. The van der Waals surface area contributed by atoms with Crippen molar-refractivity contribution >= 4 is 5.78 Å². The molecule has 0 radical (unpaired) electrons. The first kappa shape index (κ1) is 16.5. The van der Waals surface area contributed by atoms with Gasteiger partial charge in [-0.15, -0.1) is 0 Å². The van der Waals surface area contributed by atoms with E-state index >= 15 is 0 Å². The van der Waals surface area contributed by atoms with E-state index in [0.29, 0.717) is 29.3 Å². The predicted molar refractivity (Wildman–Crippen MR) is 90.6 cm³/mol. The molecule has 3 fully saturated rings. The Bertz CT molecular complexity index is 559. The van der Waals surface area contributed by atoms with Crippen molar-refractivity contribution in [1.82, 2.24) is 0 Å². The van der Waals surface area contributed by atoms with Crippen molar-refractivity contribution in [3.05, 3.63) is 36.1 Å². The molecule has 0 aliphatic heterocycles. The zero-order valence-corrected chi connectivity index (χ0v) is 14.4. The van der Waals surface area contributed by atoms with E-state index in [9.17, 15) is 4.79 Å². The molecule has 0 aromatic carbocycles. The van der Waals surface area contributed by atoms with Crippen molar-refractivity contribution in [3.8, 4) is 0 Å². The molecule has 3 unspecified atom stereocenters. The monoisotopic (exact) mass is 316 g/mol. The van der Waals surface area contributed by atoms with Gasteiger partial charge < -0.3 is 9.47 Å². The van der Waals surface area contributed by atoms with Crippen LogP contribution >= 0.6 is 0 Å². The molecule has 0 bridgehead atoms. The third-order valence-corrected chi connectivity index (χ3v) is 6.45. The van der Waals surface area contributed by atoms with E-state index < -0.39 is 0 Å². The van der Waals surface area contributed by atoms with Gasteiger partial charge in [-0.1, -0.05) is 20.1 Å². The molecule has 0 N–H and O–H groups in total. The highest BCUT2D eigenvalue weighted by atomic mass is 16.7. The van der Waals surface area contributed by atoms with Crippen molar-refractivity contribution in [2.75, 3.05) is 13.9 Å². The maximum Gasteiger partial charge on any atom is 0.188 e. The minimum Gasteiger partial charge on any atom is -0.468 e. The molecule has 3 aliphatic rings. The lowest BCUT2D eigenvalue weighted by atomic mass is 9.55. The summed E-state index contributed by atoms with van der Waals surface area (Å²) in [5.41, 5.74) is 2.44. The summed E-state index contributed by atoms with van der Waals surface area (Å²) in [5.74, 6) is 2.83. The van der Waals surface area contributed by atoms with Gasteiger partial charge in [0.1, 0.15) is 11.5 Å². The van der Waals surface area contributed by atoms with Crippen LogP contribution in [-0.4, -0.2) is 19.7 Å². The molecule has 23 heavy (non-hydrogen) atoms. The zero-order valence-electron chi connectivity index (χ0n) is 14.4. The Balaban J connectivity index is 1.74. The molecular weight excluding hydrogens is 288 g/mol. The third-order valence-electron chi connectivity index (χ3n) is 6.45. The molecular formula is C20H28O3. The fourth-order valence-electron chi connectivity index (χ4n) is 5.15. The van der Waals surface area contributed by atoms with Crippen LogP contribution in [0.2, 0.25) is 0 Å².